The number of allylic oxidation sites excluding steroid dienone is 1. The maximum absolute atomic E-state index is 14.7. The summed E-state index contributed by atoms with van der Waals surface area (Å²) in [5.74, 6) is -0.186. The van der Waals surface area contributed by atoms with E-state index in [1.807, 2.05) is 6.08 Å². The Morgan fingerprint density at radius 2 is 2.04 bits per heavy atom. The van der Waals surface area contributed by atoms with Crippen LogP contribution in [0.4, 0.5) is 4.39 Å². The van der Waals surface area contributed by atoms with E-state index in [1.165, 1.54) is 12.1 Å². The standard InChI is InChI=1S/C21H26ClFNO3P/c1-4-28-19(9-12(2)3)27-18-11-17(16(23)10-15(18)22)24-20(25)13-7-5-6-8-14(13)21(24)26/h5,7,10-12,19,25-26,28H,4,6,8-9H2,1-3H3. The van der Waals surface area contributed by atoms with Crippen molar-refractivity contribution in [1.29, 1.82) is 0 Å². The van der Waals surface area contributed by atoms with Crippen LogP contribution in [0.2, 0.25) is 5.02 Å². The highest BCUT2D eigenvalue weighted by molar-refractivity contribution is 7.38. The van der Waals surface area contributed by atoms with Crippen LogP contribution >= 0.6 is 20.2 Å². The van der Waals surface area contributed by atoms with Gasteiger partial charge in [0.1, 0.15) is 17.4 Å². The van der Waals surface area contributed by atoms with Crippen molar-refractivity contribution in [3.05, 3.63) is 40.2 Å². The van der Waals surface area contributed by atoms with E-state index in [1.54, 1.807) is 6.08 Å². The van der Waals surface area contributed by atoms with Crippen molar-refractivity contribution in [2.75, 3.05) is 6.16 Å². The van der Waals surface area contributed by atoms with E-state index in [2.05, 4.69) is 20.8 Å². The summed E-state index contributed by atoms with van der Waals surface area (Å²) in [6.07, 6.45) is 6.87. The topological polar surface area (TPSA) is 54.6 Å². The number of halogens is 2. The van der Waals surface area contributed by atoms with Crippen molar-refractivity contribution in [2.24, 2.45) is 5.92 Å². The Balaban J connectivity index is 2.03. The number of aromatic nitrogens is 1. The first kappa shape index (κ1) is 21.0. The van der Waals surface area contributed by atoms with Gasteiger partial charge in [-0.1, -0.05) is 53.1 Å². The molecule has 0 spiro atoms. The smallest absolute Gasteiger partial charge is 0.206 e. The van der Waals surface area contributed by atoms with Crippen molar-refractivity contribution in [1.82, 2.24) is 4.57 Å². The Morgan fingerprint density at radius 1 is 1.29 bits per heavy atom. The van der Waals surface area contributed by atoms with Crippen LogP contribution in [-0.2, 0) is 6.42 Å². The lowest BCUT2D eigenvalue weighted by Gasteiger charge is -2.22. The summed E-state index contributed by atoms with van der Waals surface area (Å²) in [5.41, 5.74) is 1.15. The van der Waals surface area contributed by atoms with Crippen LogP contribution in [0, 0.1) is 11.7 Å². The van der Waals surface area contributed by atoms with Crippen molar-refractivity contribution >= 4 is 26.3 Å². The monoisotopic (exact) mass is 425 g/mol. The van der Waals surface area contributed by atoms with Gasteiger partial charge in [0, 0.05) is 17.2 Å². The fraction of sp³-hybridized carbons (Fsp3) is 0.429. The molecule has 2 unspecified atom stereocenters. The first-order valence-electron chi connectivity index (χ1n) is 9.54. The zero-order chi connectivity index (χ0) is 20.4. The molecule has 1 heterocycles. The lowest BCUT2D eigenvalue weighted by atomic mass is 10.0. The molecule has 152 valence electrons. The minimum absolute atomic E-state index is 0.0104. The molecule has 0 radical (unpaired) electrons. The second-order valence-electron chi connectivity index (χ2n) is 7.34. The third kappa shape index (κ3) is 4.16. The highest BCUT2D eigenvalue weighted by Gasteiger charge is 2.26. The molecule has 0 fully saturated rings. The van der Waals surface area contributed by atoms with E-state index in [0.29, 0.717) is 37.8 Å². The van der Waals surface area contributed by atoms with Gasteiger partial charge in [-0.05, 0) is 37.4 Å². The van der Waals surface area contributed by atoms with Crippen LogP contribution in [-0.4, -0.2) is 26.8 Å². The molecule has 0 amide bonds. The average Bonchev–Trinajstić information content (AvgIpc) is 2.88. The second-order valence-corrected chi connectivity index (χ2v) is 9.51. The summed E-state index contributed by atoms with van der Waals surface area (Å²) in [6.45, 7) is 6.35. The minimum atomic E-state index is -0.641. The number of hydrogen-bond acceptors (Lipinski definition) is 3. The van der Waals surface area contributed by atoms with Gasteiger partial charge in [0.2, 0.25) is 11.8 Å². The number of benzene rings is 1. The van der Waals surface area contributed by atoms with Crippen LogP contribution < -0.4 is 4.74 Å². The van der Waals surface area contributed by atoms with Crippen LogP contribution in [0.3, 0.4) is 0 Å². The Labute approximate surface area is 171 Å². The fourth-order valence-corrected chi connectivity index (χ4v) is 4.95. The molecule has 2 aromatic rings. The molecule has 1 aromatic carbocycles. The lowest BCUT2D eigenvalue weighted by Crippen LogP contribution is -2.14. The molecule has 0 bridgehead atoms. The average molecular weight is 426 g/mol. The maximum Gasteiger partial charge on any atom is 0.206 e. The summed E-state index contributed by atoms with van der Waals surface area (Å²) in [6, 6.07) is 2.63. The highest BCUT2D eigenvalue weighted by atomic mass is 35.5. The van der Waals surface area contributed by atoms with E-state index < -0.39 is 5.82 Å². The summed E-state index contributed by atoms with van der Waals surface area (Å²) < 4.78 is 22.0. The molecule has 1 aromatic heterocycles. The SMILES string of the molecule is CCPC(CC(C)C)Oc1cc(-n2c(O)c3c(c2O)CCC=C3)c(F)cc1Cl. The van der Waals surface area contributed by atoms with Gasteiger partial charge >= 0.3 is 0 Å². The molecule has 1 aliphatic rings. The van der Waals surface area contributed by atoms with E-state index >= 15 is 0 Å². The van der Waals surface area contributed by atoms with Crippen molar-refractivity contribution < 1.29 is 19.3 Å². The van der Waals surface area contributed by atoms with Gasteiger partial charge in [-0.15, -0.1) is 0 Å². The van der Waals surface area contributed by atoms with E-state index in [-0.39, 0.29) is 28.3 Å². The zero-order valence-electron chi connectivity index (χ0n) is 16.3. The van der Waals surface area contributed by atoms with Crippen molar-refractivity contribution in [3.8, 4) is 23.2 Å². The van der Waals surface area contributed by atoms with Gasteiger partial charge in [0.05, 0.1) is 10.7 Å². The largest absolute Gasteiger partial charge is 0.494 e. The first-order valence-corrected chi connectivity index (χ1v) is 11.2. The molecule has 0 aliphatic heterocycles. The van der Waals surface area contributed by atoms with Crippen molar-refractivity contribution in [2.45, 2.75) is 45.9 Å². The number of aromatic hydroxyl groups is 2. The predicted octanol–water partition coefficient (Wildman–Crippen LogP) is 6.09. The van der Waals surface area contributed by atoms with Crippen molar-refractivity contribution in [3.63, 3.8) is 0 Å². The van der Waals surface area contributed by atoms with Gasteiger partial charge in [-0.2, -0.15) is 0 Å². The fourth-order valence-electron chi connectivity index (χ4n) is 3.45. The highest BCUT2D eigenvalue weighted by Crippen LogP contribution is 2.43. The number of nitrogens with zero attached hydrogens (tertiary/aromatic N) is 1. The van der Waals surface area contributed by atoms with Gasteiger partial charge < -0.3 is 14.9 Å². The lowest BCUT2D eigenvalue weighted by molar-refractivity contribution is 0.253. The van der Waals surface area contributed by atoms with Crippen LogP contribution in [0.15, 0.2) is 18.2 Å². The molecule has 2 atom stereocenters. The zero-order valence-corrected chi connectivity index (χ0v) is 18.1. The summed E-state index contributed by atoms with van der Waals surface area (Å²) >= 11 is 6.24. The van der Waals surface area contributed by atoms with Crippen LogP contribution in [0.5, 0.6) is 17.5 Å². The van der Waals surface area contributed by atoms with E-state index in [4.69, 9.17) is 16.3 Å². The maximum atomic E-state index is 14.7. The number of fused-ring (bicyclic) bond motifs is 1. The van der Waals surface area contributed by atoms with Gasteiger partial charge in [-0.3, -0.25) is 0 Å². The van der Waals surface area contributed by atoms with Crippen LogP contribution in [0.25, 0.3) is 11.8 Å². The molecule has 28 heavy (non-hydrogen) atoms. The number of ether oxygens (including phenoxy) is 1. The normalized spacial score (nSPS) is 14.8. The predicted molar refractivity (Wildman–Crippen MR) is 114 cm³/mol. The Hall–Kier alpha value is -1.71. The van der Waals surface area contributed by atoms with Gasteiger partial charge in [0.25, 0.3) is 0 Å². The first-order chi connectivity index (χ1) is 13.3. The molecular formula is C21H26ClFNO3P. The van der Waals surface area contributed by atoms with Crippen LogP contribution in [0.1, 0.15) is 44.7 Å². The molecule has 0 saturated carbocycles. The van der Waals surface area contributed by atoms with Gasteiger partial charge in [0.15, 0.2) is 0 Å². The van der Waals surface area contributed by atoms with E-state index in [0.717, 1.165) is 23.6 Å². The molecule has 1 aliphatic carbocycles. The summed E-state index contributed by atoms with van der Waals surface area (Å²) in [4.78, 5) is 0. The number of hydrogen-bond donors (Lipinski definition) is 2. The Bertz CT molecular complexity index is 895. The molecule has 7 heteroatoms. The third-order valence-electron chi connectivity index (χ3n) is 4.73. The Kier molecular flexibility index (Phi) is 6.57. The molecule has 2 N–H and O–H groups in total. The molecule has 0 saturated heterocycles. The van der Waals surface area contributed by atoms with E-state index in [9.17, 15) is 14.6 Å². The minimum Gasteiger partial charge on any atom is -0.494 e. The second kappa shape index (κ2) is 8.75. The van der Waals surface area contributed by atoms with Gasteiger partial charge in [-0.25, -0.2) is 8.96 Å². The summed E-state index contributed by atoms with van der Waals surface area (Å²) in [5, 5.41) is 21.4. The Morgan fingerprint density at radius 3 is 2.68 bits per heavy atom. The summed E-state index contributed by atoms with van der Waals surface area (Å²) in [7, 11) is 0.598. The quantitative estimate of drug-likeness (QED) is 0.528. The molecule has 4 nitrogen and oxygen atoms in total. The molecule has 3 rings (SSSR count). The molecular weight excluding hydrogens is 400 g/mol. The third-order valence-corrected chi connectivity index (χ3v) is 6.25. The number of rotatable bonds is 7.